The third kappa shape index (κ3) is 4.05. The van der Waals surface area contributed by atoms with E-state index in [2.05, 4.69) is 4.98 Å². The second kappa shape index (κ2) is 8.07. The molecule has 0 N–H and O–H groups in total. The van der Waals surface area contributed by atoms with Gasteiger partial charge in [0.2, 0.25) is 0 Å². The van der Waals surface area contributed by atoms with E-state index in [1.165, 1.54) is 12.1 Å². The Morgan fingerprint density at radius 2 is 1.89 bits per heavy atom. The molecule has 0 fully saturated rings. The van der Waals surface area contributed by atoms with Gasteiger partial charge in [-0.2, -0.15) is 0 Å². The number of sulfone groups is 1. The highest BCUT2D eigenvalue weighted by molar-refractivity contribution is 7.90. The number of hydrogen-bond donors (Lipinski definition) is 0. The molecule has 28 heavy (non-hydrogen) atoms. The third-order valence-electron chi connectivity index (χ3n) is 4.05. The van der Waals surface area contributed by atoms with Crippen LogP contribution < -0.4 is 10.4 Å². The van der Waals surface area contributed by atoms with Crippen molar-refractivity contribution in [1.29, 1.82) is 0 Å². The van der Waals surface area contributed by atoms with Crippen molar-refractivity contribution >= 4 is 27.6 Å². The van der Waals surface area contributed by atoms with Gasteiger partial charge in [-0.05, 0) is 30.2 Å². The summed E-state index contributed by atoms with van der Waals surface area (Å²) in [5.74, 6) is -0.297. The second-order valence-electron chi connectivity index (χ2n) is 6.33. The molecule has 0 amide bonds. The van der Waals surface area contributed by atoms with Crippen LogP contribution in [0.25, 0.3) is 11.3 Å². The van der Waals surface area contributed by atoms with Crippen LogP contribution in [0.1, 0.15) is 30.5 Å². The van der Waals surface area contributed by atoms with Crippen LogP contribution in [0, 0.1) is 0 Å². The van der Waals surface area contributed by atoms with E-state index in [0.717, 1.165) is 16.1 Å². The molecule has 0 atom stereocenters. The molecule has 7 nitrogen and oxygen atoms in total. The molecule has 2 heterocycles. The van der Waals surface area contributed by atoms with Crippen molar-refractivity contribution in [1.82, 2.24) is 9.71 Å². The molecule has 3 rings (SSSR count). The molecule has 0 spiro atoms. The number of benzene rings is 1. The summed E-state index contributed by atoms with van der Waals surface area (Å²) in [6.45, 7) is 3.93. The highest BCUT2D eigenvalue weighted by atomic mass is 32.2. The van der Waals surface area contributed by atoms with E-state index < -0.39 is 15.4 Å². The van der Waals surface area contributed by atoms with Crippen molar-refractivity contribution in [3.63, 3.8) is 0 Å². The van der Waals surface area contributed by atoms with Gasteiger partial charge in [0.15, 0.2) is 9.84 Å². The SMILES string of the molecule is CC(C)c1ccc(-c2csc(CS(=O)(=O)c3ccccc3)n2)c(=O)n1OC=O. The Labute approximate surface area is 166 Å². The fraction of sp³-hybridized carbons (Fsp3) is 0.211. The molecular weight excluding hydrogens is 400 g/mol. The first-order valence-electron chi connectivity index (χ1n) is 8.43. The van der Waals surface area contributed by atoms with Crippen LogP contribution in [0.5, 0.6) is 0 Å². The van der Waals surface area contributed by atoms with Crippen molar-refractivity contribution in [3.8, 4) is 11.3 Å². The molecule has 146 valence electrons. The Morgan fingerprint density at radius 1 is 1.18 bits per heavy atom. The van der Waals surface area contributed by atoms with Crippen molar-refractivity contribution in [3.05, 3.63) is 68.9 Å². The summed E-state index contributed by atoms with van der Waals surface area (Å²) >= 11 is 1.16. The minimum absolute atomic E-state index is 0.0382. The van der Waals surface area contributed by atoms with E-state index in [4.69, 9.17) is 4.84 Å². The summed E-state index contributed by atoms with van der Waals surface area (Å²) in [6.07, 6.45) is 0. The molecular formula is C19H18N2O5S2. The Hall–Kier alpha value is -2.78. The van der Waals surface area contributed by atoms with E-state index in [9.17, 15) is 18.0 Å². The number of thiazole rings is 1. The van der Waals surface area contributed by atoms with Crippen LogP contribution in [0.3, 0.4) is 0 Å². The average Bonchev–Trinajstić information content (AvgIpc) is 3.11. The van der Waals surface area contributed by atoms with Gasteiger partial charge in [0, 0.05) is 5.38 Å². The highest BCUT2D eigenvalue weighted by Gasteiger charge is 2.20. The van der Waals surface area contributed by atoms with Crippen molar-refractivity contribution in [2.45, 2.75) is 30.4 Å². The lowest BCUT2D eigenvalue weighted by molar-refractivity contribution is -0.129. The summed E-state index contributed by atoms with van der Waals surface area (Å²) in [5, 5.41) is 1.99. The summed E-state index contributed by atoms with van der Waals surface area (Å²) in [4.78, 5) is 32.9. The minimum atomic E-state index is -3.53. The quantitative estimate of drug-likeness (QED) is 0.548. The van der Waals surface area contributed by atoms with Gasteiger partial charge in [0.25, 0.3) is 5.56 Å². The van der Waals surface area contributed by atoms with E-state index in [0.29, 0.717) is 16.4 Å². The van der Waals surface area contributed by atoms with Crippen molar-refractivity contribution in [2.75, 3.05) is 0 Å². The lowest BCUT2D eigenvalue weighted by Gasteiger charge is -2.13. The predicted molar refractivity (Wildman–Crippen MR) is 106 cm³/mol. The largest absolute Gasteiger partial charge is 0.337 e. The van der Waals surface area contributed by atoms with Gasteiger partial charge < -0.3 is 4.84 Å². The number of carbonyl (C=O) groups excluding carboxylic acids is 1. The summed E-state index contributed by atoms with van der Waals surface area (Å²) in [7, 11) is -3.53. The van der Waals surface area contributed by atoms with Gasteiger partial charge in [0.05, 0.1) is 21.8 Å². The first-order valence-corrected chi connectivity index (χ1v) is 11.0. The normalized spacial score (nSPS) is 11.5. The number of aromatic nitrogens is 2. The first kappa shape index (κ1) is 20.0. The molecule has 0 unspecified atom stereocenters. The number of pyridine rings is 1. The van der Waals surface area contributed by atoms with E-state index in [1.54, 1.807) is 35.7 Å². The molecule has 0 saturated carbocycles. The zero-order valence-electron chi connectivity index (χ0n) is 15.2. The Morgan fingerprint density at radius 3 is 2.54 bits per heavy atom. The van der Waals surface area contributed by atoms with E-state index in [1.807, 2.05) is 13.8 Å². The Kier molecular flexibility index (Phi) is 5.76. The molecule has 0 bridgehead atoms. The summed E-state index contributed by atoms with van der Waals surface area (Å²) in [5.41, 5.74) is 0.585. The molecule has 0 radical (unpaired) electrons. The van der Waals surface area contributed by atoms with Gasteiger partial charge >= 0.3 is 6.47 Å². The first-order chi connectivity index (χ1) is 13.3. The van der Waals surface area contributed by atoms with E-state index >= 15 is 0 Å². The van der Waals surface area contributed by atoms with Crippen LogP contribution in [0.4, 0.5) is 0 Å². The fourth-order valence-corrected chi connectivity index (χ4v) is 5.13. The number of carbonyl (C=O) groups is 1. The lowest BCUT2D eigenvalue weighted by atomic mass is 10.1. The van der Waals surface area contributed by atoms with Crippen molar-refractivity contribution < 1.29 is 18.0 Å². The molecule has 2 aromatic heterocycles. The molecule has 1 aromatic carbocycles. The minimum Gasteiger partial charge on any atom is -0.337 e. The zero-order valence-corrected chi connectivity index (χ0v) is 16.9. The molecule has 0 saturated heterocycles. The summed E-state index contributed by atoms with van der Waals surface area (Å²) in [6, 6.07) is 11.4. The molecule has 0 aliphatic heterocycles. The zero-order chi connectivity index (χ0) is 20.3. The summed E-state index contributed by atoms with van der Waals surface area (Å²) < 4.78 is 26.0. The maximum atomic E-state index is 12.7. The second-order valence-corrected chi connectivity index (χ2v) is 9.26. The molecule has 9 heteroatoms. The highest BCUT2D eigenvalue weighted by Crippen LogP contribution is 2.24. The lowest BCUT2D eigenvalue weighted by Crippen LogP contribution is -2.30. The Bertz CT molecular complexity index is 1150. The predicted octanol–water partition coefficient (Wildman–Crippen LogP) is 2.65. The van der Waals surface area contributed by atoms with Crippen LogP contribution in [0.2, 0.25) is 0 Å². The van der Waals surface area contributed by atoms with Gasteiger partial charge in [-0.15, -0.1) is 16.1 Å². The molecule has 3 aromatic rings. The van der Waals surface area contributed by atoms with Crippen LogP contribution in [-0.4, -0.2) is 24.6 Å². The smallest absolute Gasteiger partial charge is 0.321 e. The monoisotopic (exact) mass is 418 g/mol. The topological polar surface area (TPSA) is 95.3 Å². The standard InChI is InChI=1S/C19H18N2O5S2/c1-13(2)17-9-8-15(19(23)21(17)26-12-22)16-10-27-18(20-16)11-28(24,25)14-6-4-3-5-7-14/h3-10,12-13H,11H2,1-2H3. The average molecular weight is 418 g/mol. The van der Waals surface area contributed by atoms with Gasteiger partial charge in [-0.25, -0.2) is 13.4 Å². The number of rotatable bonds is 7. The third-order valence-corrected chi connectivity index (χ3v) is 6.73. The number of nitrogens with zero attached hydrogens (tertiary/aromatic N) is 2. The van der Waals surface area contributed by atoms with Gasteiger partial charge in [-0.1, -0.05) is 32.0 Å². The van der Waals surface area contributed by atoms with E-state index in [-0.39, 0.29) is 28.6 Å². The van der Waals surface area contributed by atoms with Crippen molar-refractivity contribution in [2.24, 2.45) is 0 Å². The van der Waals surface area contributed by atoms with Gasteiger partial charge in [0.1, 0.15) is 10.8 Å². The van der Waals surface area contributed by atoms with Crippen LogP contribution in [-0.2, 0) is 20.4 Å². The maximum absolute atomic E-state index is 12.7. The van der Waals surface area contributed by atoms with Crippen LogP contribution in [0.15, 0.2) is 57.5 Å². The van der Waals surface area contributed by atoms with Gasteiger partial charge in [-0.3, -0.25) is 9.59 Å². The van der Waals surface area contributed by atoms with Crippen LogP contribution >= 0.6 is 11.3 Å². The number of hydrogen-bond acceptors (Lipinski definition) is 7. The molecule has 0 aliphatic rings. The Balaban J connectivity index is 1.95. The maximum Gasteiger partial charge on any atom is 0.321 e. The fourth-order valence-electron chi connectivity index (χ4n) is 2.68. The molecule has 0 aliphatic carbocycles.